The number of fused-ring (bicyclic) bond motifs is 3. The van der Waals surface area contributed by atoms with E-state index in [1.807, 2.05) is 38.1 Å². The molecule has 0 radical (unpaired) electrons. The third-order valence-corrected chi connectivity index (χ3v) is 5.82. The predicted molar refractivity (Wildman–Crippen MR) is 129 cm³/mol. The van der Waals surface area contributed by atoms with Gasteiger partial charge in [-0.15, -0.1) is 0 Å². The fourth-order valence-electron chi connectivity index (χ4n) is 4.38. The molecule has 3 aromatic rings. The van der Waals surface area contributed by atoms with Gasteiger partial charge in [0.2, 0.25) is 0 Å². The molecule has 2 N–H and O–H groups in total. The normalized spacial score (nSPS) is 12.2. The molecule has 0 unspecified atom stereocenters. The molecule has 0 fully saturated rings. The van der Waals surface area contributed by atoms with Crippen LogP contribution in [-0.4, -0.2) is 47.7 Å². The minimum absolute atomic E-state index is 0.0243. The lowest BCUT2D eigenvalue weighted by Crippen LogP contribution is -2.38. The summed E-state index contributed by atoms with van der Waals surface area (Å²) in [6.45, 7) is 3.90. The van der Waals surface area contributed by atoms with Gasteiger partial charge in [0, 0.05) is 12.5 Å². The molecule has 2 amide bonds. The number of benzene rings is 2. The molecule has 0 atom stereocenters. The Balaban J connectivity index is 1.33. The quantitative estimate of drug-likeness (QED) is 0.471. The van der Waals surface area contributed by atoms with Crippen molar-refractivity contribution in [3.63, 3.8) is 0 Å². The van der Waals surface area contributed by atoms with Crippen LogP contribution in [0.4, 0.5) is 4.79 Å². The lowest BCUT2D eigenvalue weighted by atomic mass is 9.98. The average Bonchev–Trinajstić information content (AvgIpc) is 3.43. The first kappa shape index (κ1) is 24.1. The number of aliphatic carboxylic acids is 1. The third kappa shape index (κ3) is 5.54. The van der Waals surface area contributed by atoms with Gasteiger partial charge in [-0.25, -0.2) is 4.79 Å². The number of nitrogens with zero attached hydrogens (tertiary/aromatic N) is 1. The van der Waals surface area contributed by atoms with Gasteiger partial charge in [0.25, 0.3) is 5.91 Å². The second-order valence-electron chi connectivity index (χ2n) is 8.92. The SMILES string of the molecule is CC(C)CN(CC(=O)O)C(=O)c1ccc(CNC(=O)OCC2c3ccccc3-c3ccccc32)o1. The first-order chi connectivity index (χ1) is 16.8. The van der Waals surface area contributed by atoms with Crippen molar-refractivity contribution in [3.05, 3.63) is 83.3 Å². The zero-order chi connectivity index (χ0) is 24.9. The Morgan fingerprint density at radius 1 is 1.00 bits per heavy atom. The zero-order valence-corrected chi connectivity index (χ0v) is 19.7. The molecule has 2 aromatic carbocycles. The number of amides is 2. The van der Waals surface area contributed by atoms with Crippen LogP contribution < -0.4 is 5.32 Å². The van der Waals surface area contributed by atoms with E-state index < -0.39 is 24.5 Å². The highest BCUT2D eigenvalue weighted by molar-refractivity contribution is 5.93. The van der Waals surface area contributed by atoms with Gasteiger partial charge in [-0.1, -0.05) is 62.4 Å². The van der Waals surface area contributed by atoms with Crippen LogP contribution in [0.15, 0.2) is 65.1 Å². The van der Waals surface area contributed by atoms with E-state index in [1.165, 1.54) is 11.0 Å². The maximum atomic E-state index is 12.7. The number of carbonyl (C=O) groups is 3. The summed E-state index contributed by atoms with van der Waals surface area (Å²) in [5.74, 6) is -1.15. The van der Waals surface area contributed by atoms with Crippen molar-refractivity contribution < 1.29 is 28.6 Å². The predicted octanol–water partition coefficient (Wildman–Crippen LogP) is 4.50. The highest BCUT2D eigenvalue weighted by Crippen LogP contribution is 2.44. The van der Waals surface area contributed by atoms with Gasteiger partial charge in [0.05, 0.1) is 6.54 Å². The van der Waals surface area contributed by atoms with Crippen LogP contribution in [0.5, 0.6) is 0 Å². The summed E-state index contributed by atoms with van der Waals surface area (Å²) in [4.78, 5) is 37.4. The molecular weight excluding hydrogens is 448 g/mol. The molecular formula is C27H28N2O6. The summed E-state index contributed by atoms with van der Waals surface area (Å²) in [6.07, 6.45) is -0.594. The number of hydrogen-bond donors (Lipinski definition) is 2. The number of carboxylic acids is 1. The first-order valence-corrected chi connectivity index (χ1v) is 11.5. The fourth-order valence-corrected chi connectivity index (χ4v) is 4.38. The van der Waals surface area contributed by atoms with Crippen molar-refractivity contribution in [2.75, 3.05) is 19.7 Å². The molecule has 4 rings (SSSR count). The van der Waals surface area contributed by atoms with Gasteiger partial charge >= 0.3 is 12.1 Å². The number of carboxylic acid groups (broad SMARTS) is 1. The van der Waals surface area contributed by atoms with E-state index in [1.54, 1.807) is 6.07 Å². The van der Waals surface area contributed by atoms with Gasteiger partial charge in [0.15, 0.2) is 5.76 Å². The van der Waals surface area contributed by atoms with E-state index in [-0.39, 0.29) is 30.7 Å². The number of nitrogens with one attached hydrogen (secondary N) is 1. The summed E-state index contributed by atoms with van der Waals surface area (Å²) in [5, 5.41) is 11.7. The summed E-state index contributed by atoms with van der Waals surface area (Å²) in [5.41, 5.74) is 4.56. The Hall–Kier alpha value is -4.07. The zero-order valence-electron chi connectivity index (χ0n) is 19.7. The van der Waals surface area contributed by atoms with Gasteiger partial charge in [-0.2, -0.15) is 0 Å². The van der Waals surface area contributed by atoms with E-state index in [0.717, 1.165) is 22.3 Å². The molecule has 0 aliphatic heterocycles. The van der Waals surface area contributed by atoms with Crippen molar-refractivity contribution in [1.29, 1.82) is 0 Å². The molecule has 0 spiro atoms. The summed E-state index contributed by atoms with van der Waals surface area (Å²) >= 11 is 0. The van der Waals surface area contributed by atoms with Crippen LogP contribution in [0.25, 0.3) is 11.1 Å². The van der Waals surface area contributed by atoms with E-state index >= 15 is 0 Å². The van der Waals surface area contributed by atoms with Crippen LogP contribution in [0.3, 0.4) is 0 Å². The highest BCUT2D eigenvalue weighted by Gasteiger charge is 2.29. The van der Waals surface area contributed by atoms with Crippen LogP contribution in [-0.2, 0) is 16.1 Å². The van der Waals surface area contributed by atoms with E-state index in [9.17, 15) is 14.4 Å². The number of carbonyl (C=O) groups excluding carboxylic acids is 2. The van der Waals surface area contributed by atoms with Gasteiger partial charge in [0.1, 0.15) is 18.9 Å². The standard InChI is InChI=1S/C27H28N2O6/c1-17(2)14-29(15-25(30)31)26(32)24-12-11-18(35-24)13-28-27(33)34-16-23-21-9-5-3-7-19(21)20-8-4-6-10-22(20)23/h3-12,17,23H,13-16H2,1-2H3,(H,28,33)(H,30,31). The molecule has 0 bridgehead atoms. The second kappa shape index (κ2) is 10.5. The number of ether oxygens (including phenoxy) is 1. The van der Waals surface area contributed by atoms with E-state index in [4.69, 9.17) is 14.3 Å². The minimum atomic E-state index is -1.09. The Labute approximate surface area is 203 Å². The molecule has 1 aliphatic carbocycles. The molecule has 8 heteroatoms. The summed E-state index contributed by atoms with van der Waals surface area (Å²) in [6, 6.07) is 19.3. The molecule has 8 nitrogen and oxygen atoms in total. The van der Waals surface area contributed by atoms with Gasteiger partial charge < -0.3 is 24.5 Å². The first-order valence-electron chi connectivity index (χ1n) is 11.5. The lowest BCUT2D eigenvalue weighted by molar-refractivity contribution is -0.137. The highest BCUT2D eigenvalue weighted by atomic mass is 16.5. The molecule has 0 saturated carbocycles. The molecule has 0 saturated heterocycles. The van der Waals surface area contributed by atoms with Gasteiger partial charge in [-0.3, -0.25) is 9.59 Å². The van der Waals surface area contributed by atoms with Crippen molar-refractivity contribution in [2.24, 2.45) is 5.92 Å². The van der Waals surface area contributed by atoms with Crippen LogP contribution in [0.1, 0.15) is 47.2 Å². The molecule has 1 aromatic heterocycles. The summed E-state index contributed by atoms with van der Waals surface area (Å²) in [7, 11) is 0. The summed E-state index contributed by atoms with van der Waals surface area (Å²) < 4.78 is 11.1. The van der Waals surface area contributed by atoms with Crippen molar-refractivity contribution in [1.82, 2.24) is 10.2 Å². The number of alkyl carbamates (subject to hydrolysis) is 1. The van der Waals surface area contributed by atoms with E-state index in [2.05, 4.69) is 29.6 Å². The number of rotatable bonds is 9. The monoisotopic (exact) mass is 476 g/mol. The second-order valence-corrected chi connectivity index (χ2v) is 8.92. The molecule has 1 aliphatic rings. The maximum absolute atomic E-state index is 12.7. The lowest BCUT2D eigenvalue weighted by Gasteiger charge is -2.21. The minimum Gasteiger partial charge on any atom is -0.480 e. The van der Waals surface area contributed by atoms with Crippen molar-refractivity contribution in [2.45, 2.75) is 26.3 Å². The molecule has 182 valence electrons. The topological polar surface area (TPSA) is 109 Å². The van der Waals surface area contributed by atoms with E-state index in [0.29, 0.717) is 12.3 Å². The Kier molecular flexibility index (Phi) is 7.19. The largest absolute Gasteiger partial charge is 0.480 e. The Morgan fingerprint density at radius 2 is 1.63 bits per heavy atom. The fraction of sp³-hybridized carbons (Fsp3) is 0.296. The van der Waals surface area contributed by atoms with Crippen molar-refractivity contribution in [3.8, 4) is 11.1 Å². The Bertz CT molecular complexity index is 1190. The molecule has 1 heterocycles. The maximum Gasteiger partial charge on any atom is 0.407 e. The van der Waals surface area contributed by atoms with Crippen LogP contribution in [0, 0.1) is 5.92 Å². The average molecular weight is 477 g/mol. The van der Waals surface area contributed by atoms with Crippen LogP contribution >= 0.6 is 0 Å². The number of hydrogen-bond acceptors (Lipinski definition) is 5. The Morgan fingerprint density at radius 3 is 2.23 bits per heavy atom. The number of furan rings is 1. The molecule has 35 heavy (non-hydrogen) atoms. The smallest absolute Gasteiger partial charge is 0.407 e. The van der Waals surface area contributed by atoms with Crippen LogP contribution in [0.2, 0.25) is 0 Å². The van der Waals surface area contributed by atoms with Gasteiger partial charge in [-0.05, 0) is 40.3 Å². The third-order valence-electron chi connectivity index (χ3n) is 5.82. The van der Waals surface area contributed by atoms with Crippen molar-refractivity contribution >= 4 is 18.0 Å².